The lowest BCUT2D eigenvalue weighted by Crippen LogP contribution is -2.04. The van der Waals surface area contributed by atoms with Crippen LogP contribution in [0.3, 0.4) is 0 Å². The highest BCUT2D eigenvalue weighted by atomic mass is 127. The van der Waals surface area contributed by atoms with Crippen LogP contribution in [0, 0.1) is 10.6 Å². The van der Waals surface area contributed by atoms with Gasteiger partial charge in [0.15, 0.2) is 0 Å². The van der Waals surface area contributed by atoms with E-state index in [1.165, 1.54) is 13.3 Å². The van der Waals surface area contributed by atoms with Gasteiger partial charge in [0.05, 0.1) is 12.7 Å². The van der Waals surface area contributed by atoms with E-state index < -0.39 is 0 Å². The molecule has 0 unspecified atom stereocenters. The largest absolute Gasteiger partial charge is 0.465 e. The van der Waals surface area contributed by atoms with Crippen molar-refractivity contribution < 1.29 is 9.53 Å². The van der Waals surface area contributed by atoms with Gasteiger partial charge >= 0.3 is 5.97 Å². The van der Waals surface area contributed by atoms with Crippen LogP contribution in [0.25, 0.3) is 0 Å². The first-order valence-corrected chi connectivity index (χ1v) is 4.43. The van der Waals surface area contributed by atoms with Crippen LogP contribution in [-0.4, -0.2) is 18.1 Å². The lowest BCUT2D eigenvalue weighted by Gasteiger charge is -2.02. The van der Waals surface area contributed by atoms with Crippen LogP contribution in [0.5, 0.6) is 0 Å². The topological polar surface area (TPSA) is 39.2 Å². The van der Waals surface area contributed by atoms with Crippen LogP contribution in [0.15, 0.2) is 12.3 Å². The second-order valence-corrected chi connectivity index (χ2v) is 3.42. The van der Waals surface area contributed by atoms with E-state index in [0.717, 1.165) is 9.26 Å². The number of hydrogen-bond acceptors (Lipinski definition) is 3. The van der Waals surface area contributed by atoms with Gasteiger partial charge in [-0.05, 0) is 41.1 Å². The highest BCUT2D eigenvalue weighted by Crippen LogP contribution is 2.10. The van der Waals surface area contributed by atoms with Crippen LogP contribution in [0.1, 0.15) is 15.9 Å². The SMILES string of the molecule is COC(=O)c1cnc(I)cc1C. The molecule has 1 heterocycles. The minimum atomic E-state index is -0.337. The number of aromatic nitrogens is 1. The molecule has 0 aliphatic carbocycles. The van der Waals surface area contributed by atoms with Crippen molar-refractivity contribution in [2.75, 3.05) is 7.11 Å². The summed E-state index contributed by atoms with van der Waals surface area (Å²) in [6.45, 7) is 1.86. The Morgan fingerprint density at radius 1 is 1.67 bits per heavy atom. The molecule has 0 N–H and O–H groups in total. The average molecular weight is 277 g/mol. The molecule has 12 heavy (non-hydrogen) atoms. The molecule has 0 aromatic carbocycles. The van der Waals surface area contributed by atoms with Crippen LogP contribution in [-0.2, 0) is 4.74 Å². The summed E-state index contributed by atoms with van der Waals surface area (Å²) in [5.74, 6) is -0.337. The zero-order chi connectivity index (χ0) is 9.14. The third-order valence-electron chi connectivity index (χ3n) is 1.48. The van der Waals surface area contributed by atoms with Gasteiger partial charge in [-0.25, -0.2) is 9.78 Å². The third kappa shape index (κ3) is 1.94. The predicted molar refractivity (Wildman–Crippen MR) is 53.0 cm³/mol. The molecule has 0 spiro atoms. The Morgan fingerprint density at radius 2 is 2.33 bits per heavy atom. The maximum atomic E-state index is 11.1. The molecule has 1 rings (SSSR count). The summed E-state index contributed by atoms with van der Waals surface area (Å²) < 4.78 is 5.45. The van der Waals surface area contributed by atoms with Crippen LogP contribution in [0.4, 0.5) is 0 Å². The molecule has 0 aliphatic heterocycles. The van der Waals surface area contributed by atoms with Gasteiger partial charge in [0.25, 0.3) is 0 Å². The van der Waals surface area contributed by atoms with Crippen LogP contribution < -0.4 is 0 Å². The minimum absolute atomic E-state index is 0.337. The fourth-order valence-corrected chi connectivity index (χ4v) is 1.45. The fourth-order valence-electron chi connectivity index (χ4n) is 0.845. The van der Waals surface area contributed by atoms with Gasteiger partial charge in [0.2, 0.25) is 0 Å². The van der Waals surface area contributed by atoms with E-state index in [-0.39, 0.29) is 5.97 Å². The van der Waals surface area contributed by atoms with Crippen molar-refractivity contribution in [2.45, 2.75) is 6.92 Å². The number of halogens is 1. The predicted octanol–water partition coefficient (Wildman–Crippen LogP) is 1.78. The third-order valence-corrected chi connectivity index (χ3v) is 2.07. The van der Waals surface area contributed by atoms with Gasteiger partial charge in [-0.3, -0.25) is 0 Å². The quantitative estimate of drug-likeness (QED) is 0.446. The van der Waals surface area contributed by atoms with Crippen molar-refractivity contribution in [3.63, 3.8) is 0 Å². The van der Waals surface area contributed by atoms with Gasteiger partial charge in [-0.1, -0.05) is 0 Å². The zero-order valence-corrected chi connectivity index (χ0v) is 8.95. The van der Waals surface area contributed by atoms with Gasteiger partial charge in [0.1, 0.15) is 3.70 Å². The molecule has 4 heteroatoms. The van der Waals surface area contributed by atoms with Crippen molar-refractivity contribution in [1.29, 1.82) is 0 Å². The zero-order valence-electron chi connectivity index (χ0n) is 6.80. The highest BCUT2D eigenvalue weighted by molar-refractivity contribution is 14.1. The van der Waals surface area contributed by atoms with Crippen molar-refractivity contribution in [3.05, 3.63) is 27.1 Å². The van der Waals surface area contributed by atoms with E-state index in [9.17, 15) is 4.79 Å². The first-order chi connectivity index (χ1) is 5.65. The number of carbonyl (C=O) groups is 1. The van der Waals surface area contributed by atoms with Gasteiger partial charge in [0, 0.05) is 6.20 Å². The smallest absolute Gasteiger partial charge is 0.339 e. The van der Waals surface area contributed by atoms with E-state index in [1.54, 1.807) is 0 Å². The monoisotopic (exact) mass is 277 g/mol. The minimum Gasteiger partial charge on any atom is -0.465 e. The normalized spacial score (nSPS) is 9.58. The van der Waals surface area contributed by atoms with Gasteiger partial charge in [-0.15, -0.1) is 0 Å². The van der Waals surface area contributed by atoms with E-state index in [1.807, 2.05) is 13.0 Å². The van der Waals surface area contributed by atoms with Gasteiger partial charge in [-0.2, -0.15) is 0 Å². The number of aryl methyl sites for hydroxylation is 1. The summed E-state index contributed by atoms with van der Waals surface area (Å²) in [7, 11) is 1.36. The first kappa shape index (κ1) is 9.44. The molecule has 0 saturated carbocycles. The number of carbonyl (C=O) groups excluding carboxylic acids is 1. The molecule has 0 atom stereocenters. The molecule has 64 valence electrons. The lowest BCUT2D eigenvalue weighted by molar-refractivity contribution is 0.0599. The molecule has 0 radical (unpaired) electrons. The molecule has 0 fully saturated rings. The Balaban J connectivity index is 3.09. The lowest BCUT2D eigenvalue weighted by atomic mass is 10.2. The summed E-state index contributed by atoms with van der Waals surface area (Å²) >= 11 is 2.09. The molecule has 0 amide bonds. The van der Waals surface area contributed by atoms with E-state index >= 15 is 0 Å². The number of esters is 1. The molecule has 0 aliphatic rings. The van der Waals surface area contributed by atoms with Crippen molar-refractivity contribution in [1.82, 2.24) is 4.98 Å². The van der Waals surface area contributed by atoms with E-state index in [0.29, 0.717) is 5.56 Å². The second-order valence-electron chi connectivity index (χ2n) is 2.31. The summed E-state index contributed by atoms with van der Waals surface area (Å²) in [6, 6.07) is 1.84. The van der Waals surface area contributed by atoms with Crippen LogP contribution in [0.2, 0.25) is 0 Å². The number of rotatable bonds is 1. The van der Waals surface area contributed by atoms with E-state index in [4.69, 9.17) is 0 Å². The van der Waals surface area contributed by atoms with Crippen molar-refractivity contribution >= 4 is 28.6 Å². The standard InChI is InChI=1S/C8H8INO2/c1-5-3-7(9)10-4-6(5)8(11)12-2/h3-4H,1-2H3. The highest BCUT2D eigenvalue weighted by Gasteiger charge is 2.08. The molecule has 0 bridgehead atoms. The number of ether oxygens (including phenoxy) is 1. The first-order valence-electron chi connectivity index (χ1n) is 3.35. The molecule has 1 aromatic rings. The molecular weight excluding hydrogens is 269 g/mol. The van der Waals surface area contributed by atoms with Crippen molar-refractivity contribution in [2.24, 2.45) is 0 Å². The Hall–Kier alpha value is -0.650. The average Bonchev–Trinajstić information content (AvgIpc) is 2.03. The maximum absolute atomic E-state index is 11.1. The molecule has 0 saturated heterocycles. The molecule has 1 aromatic heterocycles. The summed E-state index contributed by atoms with van der Waals surface area (Å²) in [6.07, 6.45) is 1.53. The summed E-state index contributed by atoms with van der Waals surface area (Å²) in [5.41, 5.74) is 1.42. The number of pyridine rings is 1. The number of hydrogen-bond donors (Lipinski definition) is 0. The fraction of sp³-hybridized carbons (Fsp3) is 0.250. The van der Waals surface area contributed by atoms with Crippen LogP contribution >= 0.6 is 22.6 Å². The molecular formula is C8H8INO2. The van der Waals surface area contributed by atoms with Gasteiger partial charge < -0.3 is 4.74 Å². The Labute approximate surface area is 84.3 Å². The Morgan fingerprint density at radius 3 is 2.83 bits per heavy atom. The maximum Gasteiger partial charge on any atom is 0.339 e. The van der Waals surface area contributed by atoms with E-state index in [2.05, 4.69) is 32.3 Å². The second kappa shape index (κ2) is 3.84. The van der Waals surface area contributed by atoms with Crippen molar-refractivity contribution in [3.8, 4) is 0 Å². The molecule has 3 nitrogen and oxygen atoms in total. The Kier molecular flexibility index (Phi) is 3.02. The number of methoxy groups -OCH3 is 1. The summed E-state index contributed by atoms with van der Waals surface area (Å²) in [5, 5.41) is 0. The number of nitrogens with zero attached hydrogens (tertiary/aromatic N) is 1. The summed E-state index contributed by atoms with van der Waals surface area (Å²) in [4.78, 5) is 15.1. The Bertz CT molecular complexity index is 312.